The number of carbonyl (C=O) groups is 3. The molecular weight excluding hydrogens is 544 g/mol. The Bertz CT molecular complexity index is 1500. The van der Waals surface area contributed by atoms with Gasteiger partial charge in [-0.05, 0) is 92.0 Å². The van der Waals surface area contributed by atoms with Crippen molar-refractivity contribution < 1.29 is 28.6 Å². The van der Waals surface area contributed by atoms with Crippen LogP contribution in [0.15, 0.2) is 85.1 Å². The molecule has 4 aliphatic carbocycles. The van der Waals surface area contributed by atoms with Crippen LogP contribution in [0, 0.1) is 47.3 Å². The van der Waals surface area contributed by atoms with Gasteiger partial charge in [0.25, 0.3) is 0 Å². The molecule has 2 saturated heterocycles. The highest BCUT2D eigenvalue weighted by Gasteiger charge is 2.59. The van der Waals surface area contributed by atoms with E-state index >= 15 is 0 Å². The standard InChI is InChI=1S/C35H34N2O6/c1-19-29-21-3-4-22(17-21)30(29)33(38)36(19)25-9-13-28(14-10-25)43-20(2)41-15-16-42-27-11-7-26(8-12-27)37-34(39)31-23-5-6-24(18-23)32(31)35(37)40/h3-14,20-24,29-32H,1,15-18H2,2H3. The summed E-state index contributed by atoms with van der Waals surface area (Å²) in [4.78, 5) is 42.4. The Labute approximate surface area is 250 Å². The third-order valence-electron chi connectivity index (χ3n) is 10.3. The topological polar surface area (TPSA) is 85.4 Å². The third-order valence-corrected chi connectivity index (χ3v) is 10.3. The summed E-state index contributed by atoms with van der Waals surface area (Å²) in [5, 5.41) is 0. The summed E-state index contributed by atoms with van der Waals surface area (Å²) >= 11 is 0. The van der Waals surface area contributed by atoms with E-state index in [0.29, 0.717) is 42.2 Å². The number of benzene rings is 2. The highest BCUT2D eigenvalue weighted by atomic mass is 16.7. The summed E-state index contributed by atoms with van der Waals surface area (Å²) in [6.45, 7) is 6.72. The van der Waals surface area contributed by atoms with Gasteiger partial charge in [0.15, 0.2) is 6.29 Å². The van der Waals surface area contributed by atoms with Crippen LogP contribution in [-0.4, -0.2) is 37.2 Å². The van der Waals surface area contributed by atoms with Gasteiger partial charge >= 0.3 is 0 Å². The normalized spacial score (nSPS) is 33.6. The van der Waals surface area contributed by atoms with Gasteiger partial charge in [0, 0.05) is 17.3 Å². The van der Waals surface area contributed by atoms with E-state index in [4.69, 9.17) is 14.2 Å². The van der Waals surface area contributed by atoms with Crippen molar-refractivity contribution >= 4 is 29.1 Å². The lowest BCUT2D eigenvalue weighted by atomic mass is 9.84. The van der Waals surface area contributed by atoms with Gasteiger partial charge < -0.3 is 14.2 Å². The Morgan fingerprint density at radius 2 is 1.14 bits per heavy atom. The Balaban J connectivity index is 0.804. The summed E-state index contributed by atoms with van der Waals surface area (Å²) in [5.74, 6) is 2.24. The lowest BCUT2D eigenvalue weighted by Gasteiger charge is -2.22. The molecule has 2 aliphatic heterocycles. The Morgan fingerprint density at radius 1 is 0.674 bits per heavy atom. The number of amides is 3. The lowest BCUT2D eigenvalue weighted by molar-refractivity contribution is -0.123. The van der Waals surface area contributed by atoms with Gasteiger partial charge in [-0.3, -0.25) is 24.2 Å². The van der Waals surface area contributed by atoms with Crippen molar-refractivity contribution in [3.63, 3.8) is 0 Å². The van der Waals surface area contributed by atoms with Gasteiger partial charge in [0.05, 0.1) is 30.0 Å². The minimum absolute atomic E-state index is 0.0260. The van der Waals surface area contributed by atoms with Gasteiger partial charge in [0.1, 0.15) is 18.1 Å². The monoisotopic (exact) mass is 578 g/mol. The summed E-state index contributed by atoms with van der Waals surface area (Å²) in [6, 6.07) is 14.5. The van der Waals surface area contributed by atoms with Crippen LogP contribution in [0.25, 0.3) is 0 Å². The van der Waals surface area contributed by atoms with E-state index in [2.05, 4.69) is 30.9 Å². The van der Waals surface area contributed by atoms with Crippen molar-refractivity contribution in [3.05, 3.63) is 85.1 Å². The van der Waals surface area contributed by atoms with Crippen molar-refractivity contribution in [2.45, 2.75) is 26.1 Å². The molecule has 9 unspecified atom stereocenters. The molecule has 8 nitrogen and oxygen atoms in total. The molecule has 43 heavy (non-hydrogen) atoms. The van der Waals surface area contributed by atoms with Crippen molar-refractivity contribution in [2.75, 3.05) is 23.0 Å². The van der Waals surface area contributed by atoms with Crippen LogP contribution in [0.2, 0.25) is 0 Å². The lowest BCUT2D eigenvalue weighted by Crippen LogP contribution is -2.32. The first-order chi connectivity index (χ1) is 20.9. The average molecular weight is 579 g/mol. The predicted molar refractivity (Wildman–Crippen MR) is 159 cm³/mol. The molecule has 2 aromatic rings. The smallest absolute Gasteiger partial charge is 0.238 e. The number of ether oxygens (including phenoxy) is 3. The summed E-state index contributed by atoms with van der Waals surface area (Å²) < 4.78 is 17.5. The first-order valence-electron chi connectivity index (χ1n) is 15.3. The molecule has 2 saturated carbocycles. The number of allylic oxidation sites excluding steroid dienone is 5. The van der Waals surface area contributed by atoms with Crippen molar-refractivity contribution in [1.29, 1.82) is 0 Å². The number of fused-ring (bicyclic) bond motifs is 10. The van der Waals surface area contributed by atoms with Crippen LogP contribution >= 0.6 is 0 Å². The van der Waals surface area contributed by atoms with E-state index in [1.54, 1.807) is 29.2 Å². The van der Waals surface area contributed by atoms with E-state index in [1.165, 1.54) is 4.90 Å². The van der Waals surface area contributed by atoms with E-state index in [0.717, 1.165) is 24.2 Å². The molecule has 0 N–H and O–H groups in total. The maximum absolute atomic E-state index is 13.2. The Morgan fingerprint density at radius 3 is 1.70 bits per heavy atom. The van der Waals surface area contributed by atoms with E-state index in [9.17, 15) is 14.4 Å². The molecule has 0 aromatic heterocycles. The second-order valence-electron chi connectivity index (χ2n) is 12.6. The van der Waals surface area contributed by atoms with Crippen molar-refractivity contribution in [2.24, 2.45) is 47.3 Å². The van der Waals surface area contributed by atoms with Gasteiger partial charge in [-0.2, -0.15) is 0 Å². The van der Waals surface area contributed by atoms with Crippen LogP contribution in [0.3, 0.4) is 0 Å². The highest BCUT2D eigenvalue weighted by molar-refractivity contribution is 6.22. The molecule has 8 rings (SSSR count). The predicted octanol–water partition coefficient (Wildman–Crippen LogP) is 5.12. The molecule has 2 heterocycles. The van der Waals surface area contributed by atoms with Gasteiger partial charge in [-0.1, -0.05) is 30.9 Å². The number of rotatable bonds is 9. The zero-order valence-electron chi connectivity index (χ0n) is 24.0. The largest absolute Gasteiger partial charge is 0.491 e. The molecule has 2 aromatic carbocycles. The first-order valence-corrected chi connectivity index (χ1v) is 15.3. The van der Waals surface area contributed by atoms with Crippen LogP contribution in [-0.2, 0) is 19.1 Å². The molecule has 6 aliphatic rings. The number of nitrogens with zero attached hydrogens (tertiary/aromatic N) is 2. The van der Waals surface area contributed by atoms with Crippen LogP contribution < -0.4 is 19.3 Å². The minimum atomic E-state index is -0.502. The number of hydrogen-bond acceptors (Lipinski definition) is 6. The molecule has 220 valence electrons. The summed E-state index contributed by atoms with van der Waals surface area (Å²) in [5.41, 5.74) is 2.30. The zero-order valence-corrected chi connectivity index (χ0v) is 24.0. The Hall–Kier alpha value is -4.17. The first kappa shape index (κ1) is 26.5. The van der Waals surface area contributed by atoms with Crippen molar-refractivity contribution in [1.82, 2.24) is 0 Å². The molecule has 9 atom stereocenters. The maximum atomic E-state index is 13.2. The van der Waals surface area contributed by atoms with Crippen LogP contribution in [0.4, 0.5) is 11.4 Å². The second-order valence-corrected chi connectivity index (χ2v) is 12.6. The van der Waals surface area contributed by atoms with Gasteiger partial charge in [-0.25, -0.2) is 0 Å². The van der Waals surface area contributed by atoms with Gasteiger partial charge in [0.2, 0.25) is 17.7 Å². The van der Waals surface area contributed by atoms with E-state index in [-0.39, 0.29) is 53.2 Å². The van der Waals surface area contributed by atoms with E-state index < -0.39 is 6.29 Å². The Kier molecular flexibility index (Phi) is 6.12. The second kappa shape index (κ2) is 9.95. The SMILES string of the molecule is C=C1C2C3C=CC(C3)C2C(=O)N1c1ccc(OC(C)OCCOc2ccc(N3C(=O)C4C5C=CC(C5)C4C3=O)cc2)cc1. The molecular formula is C35H34N2O6. The van der Waals surface area contributed by atoms with Crippen molar-refractivity contribution in [3.8, 4) is 11.5 Å². The number of carbonyl (C=O) groups excluding carboxylic acids is 3. The quantitative estimate of drug-likeness (QED) is 0.178. The number of hydrogen-bond donors (Lipinski definition) is 0. The van der Waals surface area contributed by atoms with Gasteiger partial charge in [-0.15, -0.1) is 0 Å². The average Bonchev–Trinajstić information content (AvgIpc) is 3.85. The summed E-state index contributed by atoms with van der Waals surface area (Å²) in [6.07, 6.45) is 10.1. The van der Waals surface area contributed by atoms with Crippen LogP contribution in [0.1, 0.15) is 19.8 Å². The zero-order chi connectivity index (χ0) is 29.4. The molecule has 0 spiro atoms. The minimum Gasteiger partial charge on any atom is -0.491 e. The molecule has 8 heteroatoms. The molecule has 0 radical (unpaired) electrons. The molecule has 4 fully saturated rings. The molecule has 4 bridgehead atoms. The fourth-order valence-corrected chi connectivity index (χ4v) is 8.47. The molecule has 3 amide bonds. The number of anilines is 2. The highest BCUT2D eigenvalue weighted by Crippen LogP contribution is 2.56. The third kappa shape index (κ3) is 4.10. The summed E-state index contributed by atoms with van der Waals surface area (Å²) in [7, 11) is 0. The fraction of sp³-hybridized carbons (Fsp3) is 0.400. The van der Waals surface area contributed by atoms with E-state index in [1.807, 2.05) is 31.2 Å². The fourth-order valence-electron chi connectivity index (χ4n) is 8.47. The van der Waals surface area contributed by atoms with Crippen LogP contribution in [0.5, 0.6) is 11.5 Å². The maximum Gasteiger partial charge on any atom is 0.238 e. The number of imide groups is 1.